The van der Waals surface area contributed by atoms with Crippen LogP contribution < -0.4 is 11.1 Å². The minimum absolute atomic E-state index is 0.00773. The standard InChI is InChI=1S/C17H23N3O6S2/c1-17(2)14(20-11(21)8-12(20)27-17)16(26-3)19-15(22)13(28(23,24)25)9-5-4-6-10(18)7-9/h4-7,12-14,16H,8,18H2,1-3H3,(H,19,22)(H,23,24,25)/t12-,13?,14+,16?/m1/s1. The van der Waals surface area contributed by atoms with Crippen molar-refractivity contribution in [3.63, 3.8) is 0 Å². The predicted octanol–water partition coefficient (Wildman–Crippen LogP) is 0.739. The lowest BCUT2D eigenvalue weighted by Crippen LogP contribution is -2.62. The SMILES string of the molecule is COC(NC(=O)C(c1cccc(N)c1)S(=O)(=O)O)[C@@H]1N2C(=O)C[C@H]2SC1(C)C. The van der Waals surface area contributed by atoms with Crippen LogP contribution >= 0.6 is 11.8 Å². The average molecular weight is 430 g/mol. The number of nitrogens with zero attached hydrogens (tertiary/aromatic N) is 1. The van der Waals surface area contributed by atoms with E-state index in [9.17, 15) is 22.6 Å². The predicted molar refractivity (Wildman–Crippen MR) is 105 cm³/mol. The molecule has 0 aliphatic carbocycles. The molecule has 28 heavy (non-hydrogen) atoms. The number of benzene rings is 1. The first-order valence-corrected chi connectivity index (χ1v) is 11.0. The Balaban J connectivity index is 1.89. The van der Waals surface area contributed by atoms with E-state index in [0.717, 1.165) is 0 Å². The number of hydrogen-bond donors (Lipinski definition) is 3. The minimum Gasteiger partial charge on any atom is -0.399 e. The van der Waals surface area contributed by atoms with Gasteiger partial charge in [0.2, 0.25) is 11.8 Å². The number of anilines is 1. The molecule has 2 aliphatic heterocycles. The van der Waals surface area contributed by atoms with Gasteiger partial charge in [-0.05, 0) is 31.5 Å². The van der Waals surface area contributed by atoms with Gasteiger partial charge >= 0.3 is 0 Å². The number of amides is 2. The molecule has 0 aromatic heterocycles. The van der Waals surface area contributed by atoms with Crippen LogP contribution in [0.4, 0.5) is 5.69 Å². The first-order valence-electron chi connectivity index (χ1n) is 8.59. The lowest BCUT2D eigenvalue weighted by Gasteiger charge is -2.42. The van der Waals surface area contributed by atoms with Crippen LogP contribution in [0, 0.1) is 0 Å². The summed E-state index contributed by atoms with van der Waals surface area (Å²) >= 11 is 1.60. The minimum atomic E-state index is -4.77. The van der Waals surface area contributed by atoms with E-state index in [-0.39, 0.29) is 22.5 Å². The quantitative estimate of drug-likeness (QED) is 0.260. The highest BCUT2D eigenvalue weighted by atomic mass is 32.2. The van der Waals surface area contributed by atoms with Gasteiger partial charge in [0, 0.05) is 17.5 Å². The van der Waals surface area contributed by atoms with Crippen molar-refractivity contribution in [2.45, 2.75) is 47.9 Å². The molecule has 9 nitrogen and oxygen atoms in total. The lowest BCUT2D eigenvalue weighted by molar-refractivity contribution is -0.151. The summed E-state index contributed by atoms with van der Waals surface area (Å²) in [6, 6.07) is 5.24. The van der Waals surface area contributed by atoms with Crippen molar-refractivity contribution in [1.82, 2.24) is 10.2 Å². The van der Waals surface area contributed by atoms with Crippen LogP contribution in [-0.4, -0.2) is 59.2 Å². The summed E-state index contributed by atoms with van der Waals surface area (Å²) in [7, 11) is -3.40. The Kier molecular flexibility index (Phi) is 5.38. The van der Waals surface area contributed by atoms with Crippen molar-refractivity contribution in [2.24, 2.45) is 0 Å². The Morgan fingerprint density at radius 1 is 1.46 bits per heavy atom. The van der Waals surface area contributed by atoms with Gasteiger partial charge in [0.25, 0.3) is 10.1 Å². The summed E-state index contributed by atoms with van der Waals surface area (Å²) in [5.41, 5.74) is 5.97. The number of rotatable bonds is 6. The fourth-order valence-corrected chi connectivity index (χ4v) is 6.26. The van der Waals surface area contributed by atoms with Crippen molar-refractivity contribution in [1.29, 1.82) is 0 Å². The van der Waals surface area contributed by atoms with E-state index in [1.54, 1.807) is 16.7 Å². The number of carbonyl (C=O) groups excluding carboxylic acids is 2. The number of carbonyl (C=O) groups is 2. The molecule has 1 aromatic rings. The molecule has 0 radical (unpaired) electrons. The van der Waals surface area contributed by atoms with Gasteiger partial charge in [0.1, 0.15) is 0 Å². The normalized spacial score (nSPS) is 25.6. The molecule has 2 fully saturated rings. The average Bonchev–Trinajstić information content (AvgIpc) is 2.77. The monoisotopic (exact) mass is 429 g/mol. The zero-order valence-corrected chi connectivity index (χ0v) is 17.3. The number of hydrogen-bond acceptors (Lipinski definition) is 7. The van der Waals surface area contributed by atoms with E-state index in [4.69, 9.17) is 10.5 Å². The van der Waals surface area contributed by atoms with Crippen LogP contribution in [0.1, 0.15) is 31.1 Å². The van der Waals surface area contributed by atoms with Gasteiger partial charge < -0.3 is 20.7 Å². The molecule has 0 bridgehead atoms. The molecule has 154 valence electrons. The summed E-state index contributed by atoms with van der Waals surface area (Å²) in [5.74, 6) is -1.01. The Hall–Kier alpha value is -1.82. The first kappa shape index (κ1) is 20.9. The van der Waals surface area contributed by atoms with Gasteiger partial charge in [-0.15, -0.1) is 11.8 Å². The van der Waals surface area contributed by atoms with Gasteiger partial charge in [-0.3, -0.25) is 14.1 Å². The van der Waals surface area contributed by atoms with Gasteiger partial charge in [-0.25, -0.2) is 0 Å². The van der Waals surface area contributed by atoms with Gasteiger partial charge in [-0.1, -0.05) is 12.1 Å². The third kappa shape index (κ3) is 3.71. The summed E-state index contributed by atoms with van der Waals surface area (Å²) in [6.07, 6.45) is -0.527. The Labute approximate surface area is 167 Å². The van der Waals surface area contributed by atoms with Gasteiger partial charge in [-0.2, -0.15) is 8.42 Å². The molecule has 2 aliphatic rings. The molecular formula is C17H23N3O6S2. The molecule has 1 aromatic carbocycles. The number of fused-ring (bicyclic) bond motifs is 1. The van der Waals surface area contributed by atoms with Crippen LogP contribution in [0.25, 0.3) is 0 Å². The number of ether oxygens (including phenoxy) is 1. The maximum Gasteiger partial charge on any atom is 0.281 e. The highest BCUT2D eigenvalue weighted by Crippen LogP contribution is 2.51. The van der Waals surface area contributed by atoms with Crippen molar-refractivity contribution in [3.05, 3.63) is 29.8 Å². The van der Waals surface area contributed by atoms with Gasteiger partial charge in [0.05, 0.1) is 17.8 Å². The third-order valence-electron chi connectivity index (χ3n) is 4.97. The molecule has 11 heteroatoms. The molecule has 0 spiro atoms. The molecule has 2 unspecified atom stereocenters. The maximum absolute atomic E-state index is 12.8. The Bertz CT molecular complexity index is 904. The van der Waals surface area contributed by atoms with Crippen LogP contribution in [0.5, 0.6) is 0 Å². The number of nitrogens with one attached hydrogen (secondary N) is 1. The lowest BCUT2D eigenvalue weighted by atomic mass is 9.96. The zero-order chi connectivity index (χ0) is 20.9. The zero-order valence-electron chi connectivity index (χ0n) is 15.7. The smallest absolute Gasteiger partial charge is 0.281 e. The third-order valence-corrected chi connectivity index (χ3v) is 7.57. The summed E-state index contributed by atoms with van der Waals surface area (Å²) in [5, 5.41) is 0.687. The largest absolute Gasteiger partial charge is 0.399 e. The number of nitrogens with two attached hydrogens (primary N) is 1. The fourth-order valence-electron chi connectivity index (χ4n) is 3.76. The van der Waals surface area contributed by atoms with E-state index in [1.807, 2.05) is 13.8 Å². The van der Waals surface area contributed by atoms with E-state index in [0.29, 0.717) is 6.42 Å². The molecular weight excluding hydrogens is 406 g/mol. The summed E-state index contributed by atoms with van der Waals surface area (Å²) in [4.78, 5) is 26.6. The van der Waals surface area contributed by atoms with Crippen LogP contribution in [0.15, 0.2) is 24.3 Å². The van der Waals surface area contributed by atoms with Crippen LogP contribution in [0.2, 0.25) is 0 Å². The van der Waals surface area contributed by atoms with E-state index in [1.165, 1.54) is 31.4 Å². The van der Waals surface area contributed by atoms with E-state index < -0.39 is 38.3 Å². The fraction of sp³-hybridized carbons (Fsp3) is 0.529. The summed E-state index contributed by atoms with van der Waals surface area (Å²) in [6.45, 7) is 3.87. The van der Waals surface area contributed by atoms with Crippen LogP contribution in [-0.2, 0) is 24.4 Å². The van der Waals surface area contributed by atoms with Crippen molar-refractivity contribution in [3.8, 4) is 0 Å². The molecule has 4 N–H and O–H groups in total. The molecule has 2 saturated heterocycles. The molecule has 2 heterocycles. The summed E-state index contributed by atoms with van der Waals surface area (Å²) < 4.78 is 38.5. The maximum atomic E-state index is 12.8. The first-order chi connectivity index (χ1) is 13.0. The number of nitrogen functional groups attached to an aromatic ring is 1. The Morgan fingerprint density at radius 3 is 2.68 bits per heavy atom. The molecule has 4 atom stereocenters. The van der Waals surface area contributed by atoms with E-state index in [2.05, 4.69) is 5.32 Å². The number of β-lactam (4-membered cyclic amide) rings is 1. The van der Waals surface area contributed by atoms with Crippen molar-refractivity contribution >= 4 is 39.4 Å². The van der Waals surface area contributed by atoms with Crippen molar-refractivity contribution < 1.29 is 27.3 Å². The highest BCUT2D eigenvalue weighted by Gasteiger charge is 2.58. The second kappa shape index (κ2) is 7.21. The van der Waals surface area contributed by atoms with Crippen molar-refractivity contribution in [2.75, 3.05) is 12.8 Å². The highest BCUT2D eigenvalue weighted by molar-refractivity contribution is 8.01. The number of thioether (sulfide) groups is 1. The van der Waals surface area contributed by atoms with Crippen LogP contribution in [0.3, 0.4) is 0 Å². The Morgan fingerprint density at radius 2 is 2.14 bits per heavy atom. The second-order valence-electron chi connectivity index (χ2n) is 7.36. The van der Waals surface area contributed by atoms with Gasteiger partial charge in [0.15, 0.2) is 11.5 Å². The molecule has 0 saturated carbocycles. The topological polar surface area (TPSA) is 139 Å². The molecule has 2 amide bonds. The van der Waals surface area contributed by atoms with E-state index >= 15 is 0 Å². The number of methoxy groups -OCH3 is 1. The molecule has 3 rings (SSSR count). The second-order valence-corrected chi connectivity index (χ2v) is 10.7.